The molecule has 0 unspecified atom stereocenters. The van der Waals surface area contributed by atoms with Gasteiger partial charge in [0.1, 0.15) is 5.00 Å². The van der Waals surface area contributed by atoms with Crippen LogP contribution in [0.1, 0.15) is 47.5 Å². The van der Waals surface area contributed by atoms with Crippen molar-refractivity contribution in [3.8, 4) is 0 Å². The number of thioether (sulfide) groups is 1. The fourth-order valence-electron chi connectivity index (χ4n) is 3.35. The fraction of sp³-hybridized carbons (Fsp3) is 0.381. The molecule has 1 aliphatic carbocycles. The van der Waals surface area contributed by atoms with Crippen LogP contribution in [-0.2, 0) is 22.4 Å². The number of anilines is 1. The molecule has 0 bridgehead atoms. The maximum Gasteiger partial charge on any atom is 0.341 e. The Hall–Kier alpha value is -1.90. The van der Waals surface area contributed by atoms with Crippen molar-refractivity contribution in [2.45, 2.75) is 50.0 Å². The first-order valence-corrected chi connectivity index (χ1v) is 12.3. The molecular weight excluding hydrogens is 424 g/mol. The van der Waals surface area contributed by atoms with Gasteiger partial charge >= 0.3 is 5.97 Å². The molecule has 0 radical (unpaired) electrons. The zero-order valence-corrected chi connectivity index (χ0v) is 18.8. The number of carbonyl (C=O) groups is 2. The van der Waals surface area contributed by atoms with E-state index in [-0.39, 0.29) is 23.7 Å². The van der Waals surface area contributed by atoms with Gasteiger partial charge in [0.2, 0.25) is 5.91 Å². The minimum Gasteiger partial charge on any atom is -0.459 e. The number of rotatable bonds is 6. The number of carbonyl (C=O) groups excluding carboxylic acids is 2. The number of thiazole rings is 1. The van der Waals surface area contributed by atoms with E-state index in [0.29, 0.717) is 10.6 Å². The van der Waals surface area contributed by atoms with Gasteiger partial charge in [0.25, 0.3) is 0 Å². The molecular formula is C21H22N2O3S3. The highest BCUT2D eigenvalue weighted by molar-refractivity contribution is 8.01. The molecule has 8 heteroatoms. The summed E-state index contributed by atoms with van der Waals surface area (Å²) < 4.78 is 7.43. The van der Waals surface area contributed by atoms with Crippen molar-refractivity contribution >= 4 is 61.5 Å². The lowest BCUT2D eigenvalue weighted by Crippen LogP contribution is -2.18. The third-order valence-corrected chi connectivity index (χ3v) is 7.96. The van der Waals surface area contributed by atoms with Gasteiger partial charge in [-0.2, -0.15) is 0 Å². The molecule has 1 aliphatic rings. The summed E-state index contributed by atoms with van der Waals surface area (Å²) in [5, 5.41) is 3.58. The van der Waals surface area contributed by atoms with E-state index in [4.69, 9.17) is 4.74 Å². The van der Waals surface area contributed by atoms with Crippen LogP contribution in [0.5, 0.6) is 0 Å². The van der Waals surface area contributed by atoms with Crippen LogP contribution < -0.4 is 5.32 Å². The minimum absolute atomic E-state index is 0.133. The summed E-state index contributed by atoms with van der Waals surface area (Å²) in [6.07, 6.45) is 3.81. The third kappa shape index (κ3) is 4.65. The second kappa shape index (κ2) is 8.85. The van der Waals surface area contributed by atoms with Gasteiger partial charge in [-0.25, -0.2) is 9.78 Å². The molecule has 0 spiro atoms. The highest BCUT2D eigenvalue weighted by Gasteiger charge is 2.27. The van der Waals surface area contributed by atoms with Crippen molar-refractivity contribution in [3.05, 3.63) is 40.3 Å². The number of nitrogens with zero attached hydrogens (tertiary/aromatic N) is 1. The molecule has 0 saturated carbocycles. The molecule has 29 heavy (non-hydrogen) atoms. The molecule has 5 nitrogen and oxygen atoms in total. The number of benzene rings is 1. The molecule has 1 N–H and O–H groups in total. The molecule has 0 atom stereocenters. The molecule has 4 rings (SSSR count). The maximum atomic E-state index is 12.7. The Kier molecular flexibility index (Phi) is 6.22. The zero-order chi connectivity index (χ0) is 20.4. The third-order valence-electron chi connectivity index (χ3n) is 4.57. The standard InChI is InChI=1S/C21H22N2O3S3/c1-12(2)26-20(25)18-13-7-3-5-9-15(13)28-19(18)23-17(24)11-27-21-22-14-8-4-6-10-16(14)29-21/h4,6,8,10,12H,3,5,7,9,11H2,1-2H3,(H,23,24). The van der Waals surface area contributed by atoms with Crippen LogP contribution in [0.25, 0.3) is 10.2 Å². The predicted molar refractivity (Wildman–Crippen MR) is 120 cm³/mol. The molecule has 1 aromatic carbocycles. The molecule has 1 amide bonds. The Bertz CT molecular complexity index is 1020. The lowest BCUT2D eigenvalue weighted by atomic mass is 9.95. The van der Waals surface area contributed by atoms with Crippen LogP contribution in [0, 0.1) is 0 Å². The van der Waals surface area contributed by atoms with E-state index in [0.717, 1.165) is 45.8 Å². The van der Waals surface area contributed by atoms with Crippen LogP contribution in [0.3, 0.4) is 0 Å². The summed E-state index contributed by atoms with van der Waals surface area (Å²) in [5.41, 5.74) is 2.56. The van der Waals surface area contributed by atoms with Gasteiger partial charge in [0.15, 0.2) is 4.34 Å². The van der Waals surface area contributed by atoms with E-state index in [9.17, 15) is 9.59 Å². The number of amides is 1. The smallest absolute Gasteiger partial charge is 0.341 e. The Morgan fingerprint density at radius 1 is 1.21 bits per heavy atom. The van der Waals surface area contributed by atoms with Gasteiger partial charge in [-0.1, -0.05) is 23.9 Å². The Balaban J connectivity index is 1.48. The number of ether oxygens (including phenoxy) is 1. The normalized spacial score (nSPS) is 13.5. The largest absolute Gasteiger partial charge is 0.459 e. The van der Waals surface area contributed by atoms with E-state index in [1.54, 1.807) is 11.3 Å². The molecule has 0 aliphatic heterocycles. The number of aromatic nitrogens is 1. The summed E-state index contributed by atoms with van der Waals surface area (Å²) in [6.45, 7) is 3.67. The average molecular weight is 447 g/mol. The maximum absolute atomic E-state index is 12.7. The van der Waals surface area contributed by atoms with E-state index in [1.807, 2.05) is 38.1 Å². The zero-order valence-electron chi connectivity index (χ0n) is 16.3. The first-order valence-electron chi connectivity index (χ1n) is 9.65. The molecule has 2 heterocycles. The molecule has 152 valence electrons. The van der Waals surface area contributed by atoms with Crippen molar-refractivity contribution in [2.24, 2.45) is 0 Å². The lowest BCUT2D eigenvalue weighted by molar-refractivity contribution is -0.113. The average Bonchev–Trinajstić information content (AvgIpc) is 3.26. The van der Waals surface area contributed by atoms with Gasteiger partial charge in [-0.05, 0) is 57.2 Å². The Labute approximate surface area is 181 Å². The number of hydrogen-bond donors (Lipinski definition) is 1. The number of aryl methyl sites for hydroxylation is 1. The number of hydrogen-bond acceptors (Lipinski definition) is 7. The van der Waals surface area contributed by atoms with Gasteiger partial charge in [0.05, 0.1) is 27.6 Å². The summed E-state index contributed by atoms with van der Waals surface area (Å²) in [4.78, 5) is 31.0. The monoisotopic (exact) mass is 446 g/mol. The summed E-state index contributed by atoms with van der Waals surface area (Å²) >= 11 is 4.52. The van der Waals surface area contributed by atoms with E-state index >= 15 is 0 Å². The van der Waals surface area contributed by atoms with Crippen molar-refractivity contribution in [3.63, 3.8) is 0 Å². The Morgan fingerprint density at radius 2 is 2.00 bits per heavy atom. The lowest BCUT2D eigenvalue weighted by Gasteiger charge is -2.14. The van der Waals surface area contributed by atoms with Crippen LogP contribution in [-0.4, -0.2) is 28.7 Å². The highest BCUT2D eigenvalue weighted by atomic mass is 32.2. The minimum atomic E-state index is -0.339. The summed E-state index contributed by atoms with van der Waals surface area (Å²) in [5.74, 6) is -0.221. The van der Waals surface area contributed by atoms with E-state index < -0.39 is 0 Å². The molecule has 0 fully saturated rings. The number of nitrogens with one attached hydrogen (secondary N) is 1. The number of thiophene rings is 1. The summed E-state index contributed by atoms with van der Waals surface area (Å²) in [7, 11) is 0. The van der Waals surface area contributed by atoms with Gasteiger partial charge < -0.3 is 10.1 Å². The van der Waals surface area contributed by atoms with Crippen molar-refractivity contribution in [1.82, 2.24) is 4.98 Å². The van der Waals surface area contributed by atoms with E-state index in [1.165, 1.54) is 28.0 Å². The van der Waals surface area contributed by atoms with Crippen LogP contribution in [0.15, 0.2) is 28.6 Å². The Morgan fingerprint density at radius 3 is 2.79 bits per heavy atom. The van der Waals surface area contributed by atoms with Crippen LogP contribution in [0.2, 0.25) is 0 Å². The second-order valence-corrected chi connectivity index (χ2v) is 10.5. The first kappa shape index (κ1) is 20.4. The quantitative estimate of drug-likeness (QED) is 0.398. The summed E-state index contributed by atoms with van der Waals surface area (Å²) in [6, 6.07) is 7.94. The number of esters is 1. The van der Waals surface area contributed by atoms with Crippen molar-refractivity contribution in [1.29, 1.82) is 0 Å². The number of para-hydroxylation sites is 1. The van der Waals surface area contributed by atoms with Gasteiger partial charge in [0, 0.05) is 4.88 Å². The van der Waals surface area contributed by atoms with Crippen LogP contribution in [0.4, 0.5) is 5.00 Å². The topological polar surface area (TPSA) is 68.3 Å². The predicted octanol–water partition coefficient (Wildman–Crippen LogP) is 5.53. The van der Waals surface area contributed by atoms with Crippen molar-refractivity contribution < 1.29 is 14.3 Å². The van der Waals surface area contributed by atoms with Gasteiger partial charge in [-0.3, -0.25) is 4.79 Å². The second-order valence-electron chi connectivity index (χ2n) is 7.15. The molecule has 0 saturated heterocycles. The molecule has 3 aromatic rings. The van der Waals surface area contributed by atoms with Gasteiger partial charge in [-0.15, -0.1) is 22.7 Å². The van der Waals surface area contributed by atoms with Crippen LogP contribution >= 0.6 is 34.4 Å². The highest BCUT2D eigenvalue weighted by Crippen LogP contribution is 2.39. The van der Waals surface area contributed by atoms with Crippen molar-refractivity contribution in [2.75, 3.05) is 11.1 Å². The number of fused-ring (bicyclic) bond motifs is 2. The fourth-order valence-corrected chi connectivity index (χ4v) is 6.51. The molecule has 2 aromatic heterocycles. The first-order chi connectivity index (χ1) is 14.0. The SMILES string of the molecule is CC(C)OC(=O)c1c(NC(=O)CSc2nc3ccccc3s2)sc2c1CCCC2. The van der Waals surface area contributed by atoms with E-state index in [2.05, 4.69) is 10.3 Å².